The van der Waals surface area contributed by atoms with Gasteiger partial charge in [-0.25, -0.2) is 0 Å². The summed E-state index contributed by atoms with van der Waals surface area (Å²) in [5.41, 5.74) is 1.42. The summed E-state index contributed by atoms with van der Waals surface area (Å²) in [7, 11) is 2.21. The van der Waals surface area contributed by atoms with Crippen LogP contribution in [0, 0.1) is 0 Å². The van der Waals surface area contributed by atoms with Gasteiger partial charge in [-0.1, -0.05) is 36.4 Å². The van der Waals surface area contributed by atoms with Crippen LogP contribution in [0.2, 0.25) is 0 Å². The Hall–Kier alpha value is -1.12. The molecule has 1 heterocycles. The minimum absolute atomic E-state index is 0. The lowest BCUT2D eigenvalue weighted by molar-refractivity contribution is 0.0894. The van der Waals surface area contributed by atoms with Crippen molar-refractivity contribution in [2.45, 2.75) is 19.4 Å². The molecule has 0 radical (unpaired) electrons. The predicted octanol–water partition coefficient (Wildman–Crippen LogP) is 2.72. The van der Waals surface area contributed by atoms with Crippen molar-refractivity contribution in [3.63, 3.8) is 0 Å². The third-order valence-corrected chi connectivity index (χ3v) is 4.51. The molecule has 146 valence electrons. The first-order valence-electron chi connectivity index (χ1n) is 9.35. The van der Waals surface area contributed by atoms with E-state index in [2.05, 4.69) is 76.3 Å². The second-order valence-electron chi connectivity index (χ2n) is 6.51. The Morgan fingerprint density at radius 2 is 2.04 bits per heavy atom. The summed E-state index contributed by atoms with van der Waals surface area (Å²) in [6, 6.07) is 11.3. The van der Waals surface area contributed by atoms with Gasteiger partial charge in [0.05, 0.1) is 0 Å². The van der Waals surface area contributed by atoms with Gasteiger partial charge in [0.1, 0.15) is 0 Å². The van der Waals surface area contributed by atoms with Crippen molar-refractivity contribution in [2.24, 2.45) is 4.99 Å². The van der Waals surface area contributed by atoms with Gasteiger partial charge in [-0.15, -0.1) is 30.6 Å². The van der Waals surface area contributed by atoms with E-state index >= 15 is 0 Å². The number of guanidine groups is 1. The number of hydrogen-bond acceptors (Lipinski definition) is 3. The van der Waals surface area contributed by atoms with E-state index in [-0.39, 0.29) is 24.0 Å². The SMILES string of the molecule is C=CCNC(=NCCCN1CCN(C)CC1c1ccccc1)NCC.I. The average Bonchev–Trinajstić information content (AvgIpc) is 2.64. The maximum Gasteiger partial charge on any atom is 0.191 e. The standard InChI is InChI=1S/C20H33N5.HI/c1-4-12-22-20(21-5-2)23-13-9-14-25-16-15-24(3)17-19(25)18-10-7-6-8-11-18;/h4,6-8,10-11,19H,1,5,9,12-17H2,2-3H3,(H2,21,22,23);1H. The maximum absolute atomic E-state index is 4.66. The van der Waals surface area contributed by atoms with Gasteiger partial charge in [0.25, 0.3) is 0 Å². The molecule has 0 aromatic heterocycles. The Kier molecular flexibility index (Phi) is 11.6. The molecule has 6 heteroatoms. The van der Waals surface area contributed by atoms with Crippen molar-refractivity contribution < 1.29 is 0 Å². The van der Waals surface area contributed by atoms with Crippen molar-refractivity contribution in [1.82, 2.24) is 20.4 Å². The summed E-state index contributed by atoms with van der Waals surface area (Å²) < 4.78 is 0. The van der Waals surface area contributed by atoms with Crippen LogP contribution >= 0.6 is 24.0 Å². The van der Waals surface area contributed by atoms with E-state index in [1.807, 2.05) is 6.08 Å². The molecule has 1 aliphatic heterocycles. The van der Waals surface area contributed by atoms with Gasteiger partial charge < -0.3 is 15.5 Å². The van der Waals surface area contributed by atoms with Gasteiger partial charge in [0.2, 0.25) is 0 Å². The van der Waals surface area contributed by atoms with Crippen LogP contribution in [0.4, 0.5) is 0 Å². The first-order chi connectivity index (χ1) is 12.2. The third-order valence-electron chi connectivity index (χ3n) is 4.51. The number of nitrogens with one attached hydrogen (secondary N) is 2. The molecule has 5 nitrogen and oxygen atoms in total. The van der Waals surface area contributed by atoms with Crippen LogP contribution in [0.3, 0.4) is 0 Å². The number of halogens is 1. The molecule has 2 rings (SSSR count). The minimum Gasteiger partial charge on any atom is -0.357 e. The van der Waals surface area contributed by atoms with Crippen LogP contribution in [-0.4, -0.2) is 68.6 Å². The number of hydrogen-bond donors (Lipinski definition) is 2. The van der Waals surface area contributed by atoms with E-state index in [0.29, 0.717) is 6.04 Å². The first-order valence-corrected chi connectivity index (χ1v) is 9.35. The molecule has 26 heavy (non-hydrogen) atoms. The van der Waals surface area contributed by atoms with Gasteiger partial charge >= 0.3 is 0 Å². The van der Waals surface area contributed by atoms with Crippen LogP contribution in [-0.2, 0) is 0 Å². The summed E-state index contributed by atoms with van der Waals surface area (Å²) in [5, 5.41) is 6.52. The summed E-state index contributed by atoms with van der Waals surface area (Å²) in [5.74, 6) is 0.875. The van der Waals surface area contributed by atoms with E-state index in [1.165, 1.54) is 5.56 Å². The highest BCUT2D eigenvalue weighted by Crippen LogP contribution is 2.24. The van der Waals surface area contributed by atoms with Crippen LogP contribution in [0.15, 0.2) is 48.0 Å². The normalized spacial score (nSPS) is 18.8. The zero-order valence-electron chi connectivity index (χ0n) is 16.2. The molecule has 0 amide bonds. The summed E-state index contributed by atoms with van der Waals surface area (Å²) in [6.07, 6.45) is 2.92. The molecule has 0 aliphatic carbocycles. The average molecular weight is 471 g/mol. The lowest BCUT2D eigenvalue weighted by atomic mass is 10.0. The Morgan fingerprint density at radius 1 is 1.27 bits per heavy atom. The fourth-order valence-electron chi connectivity index (χ4n) is 3.19. The van der Waals surface area contributed by atoms with Crippen molar-refractivity contribution in [2.75, 3.05) is 52.9 Å². The van der Waals surface area contributed by atoms with Crippen molar-refractivity contribution in [3.8, 4) is 0 Å². The van der Waals surface area contributed by atoms with Crippen molar-refractivity contribution in [1.29, 1.82) is 0 Å². The van der Waals surface area contributed by atoms with Crippen LogP contribution in [0.1, 0.15) is 24.9 Å². The van der Waals surface area contributed by atoms with Gasteiger partial charge in [0.15, 0.2) is 5.96 Å². The Morgan fingerprint density at radius 3 is 2.73 bits per heavy atom. The fourth-order valence-corrected chi connectivity index (χ4v) is 3.19. The number of piperazine rings is 1. The molecule has 1 fully saturated rings. The lowest BCUT2D eigenvalue weighted by Crippen LogP contribution is -2.47. The largest absolute Gasteiger partial charge is 0.357 e. The van der Waals surface area contributed by atoms with Gasteiger partial charge in [-0.3, -0.25) is 9.89 Å². The minimum atomic E-state index is 0. The molecule has 1 aromatic rings. The summed E-state index contributed by atoms with van der Waals surface area (Å²) in [4.78, 5) is 9.69. The van der Waals surface area contributed by atoms with Crippen LogP contribution < -0.4 is 10.6 Å². The number of aliphatic imine (C=N–C) groups is 1. The third kappa shape index (κ3) is 7.63. The van der Waals surface area contributed by atoms with Crippen LogP contribution in [0.5, 0.6) is 0 Å². The highest BCUT2D eigenvalue weighted by Gasteiger charge is 2.25. The van der Waals surface area contributed by atoms with Gasteiger partial charge in [0, 0.05) is 51.9 Å². The predicted molar refractivity (Wildman–Crippen MR) is 122 cm³/mol. The number of likely N-dealkylation sites (N-methyl/N-ethyl adjacent to an activating group) is 1. The summed E-state index contributed by atoms with van der Waals surface area (Å²) in [6.45, 7) is 12.7. The highest BCUT2D eigenvalue weighted by atomic mass is 127. The topological polar surface area (TPSA) is 42.9 Å². The van der Waals surface area contributed by atoms with E-state index < -0.39 is 0 Å². The number of rotatable bonds is 8. The molecule has 1 aromatic carbocycles. The van der Waals surface area contributed by atoms with E-state index in [0.717, 1.165) is 58.2 Å². The Labute approximate surface area is 176 Å². The second-order valence-corrected chi connectivity index (χ2v) is 6.51. The van der Waals surface area contributed by atoms with Crippen molar-refractivity contribution >= 4 is 29.9 Å². The van der Waals surface area contributed by atoms with Crippen molar-refractivity contribution in [3.05, 3.63) is 48.6 Å². The Balaban J connectivity index is 0.00000338. The molecule has 2 N–H and O–H groups in total. The Bertz CT molecular complexity index is 534. The molecule has 1 unspecified atom stereocenters. The van der Waals surface area contributed by atoms with E-state index in [1.54, 1.807) is 0 Å². The first kappa shape index (κ1) is 22.9. The molecule has 0 bridgehead atoms. The second kappa shape index (κ2) is 13.1. The highest BCUT2D eigenvalue weighted by molar-refractivity contribution is 14.0. The molecular weight excluding hydrogens is 437 g/mol. The van der Waals surface area contributed by atoms with E-state index in [4.69, 9.17) is 0 Å². The van der Waals surface area contributed by atoms with Gasteiger partial charge in [-0.05, 0) is 26.0 Å². The molecule has 1 atom stereocenters. The fraction of sp³-hybridized carbons (Fsp3) is 0.550. The van der Waals surface area contributed by atoms with Gasteiger partial charge in [-0.2, -0.15) is 0 Å². The molecule has 1 saturated heterocycles. The van der Waals surface area contributed by atoms with E-state index in [9.17, 15) is 0 Å². The lowest BCUT2D eigenvalue weighted by Gasteiger charge is -2.40. The molecule has 0 saturated carbocycles. The maximum atomic E-state index is 4.66. The zero-order chi connectivity index (χ0) is 17.9. The van der Waals surface area contributed by atoms with Crippen LogP contribution in [0.25, 0.3) is 0 Å². The molecule has 1 aliphatic rings. The quantitative estimate of drug-likeness (QED) is 0.201. The smallest absolute Gasteiger partial charge is 0.191 e. The zero-order valence-corrected chi connectivity index (χ0v) is 18.5. The number of nitrogens with zero attached hydrogens (tertiary/aromatic N) is 3. The number of benzene rings is 1. The molecular formula is C20H34IN5. The summed E-state index contributed by atoms with van der Waals surface area (Å²) >= 11 is 0. The monoisotopic (exact) mass is 471 g/mol. The molecule has 0 spiro atoms.